The van der Waals surface area contributed by atoms with Crippen molar-refractivity contribution in [3.63, 3.8) is 0 Å². The number of alkyl halides is 2. The number of anilines is 1. The highest BCUT2D eigenvalue weighted by atomic mass is 19.3. The van der Waals surface area contributed by atoms with Crippen LogP contribution in [0.25, 0.3) is 0 Å². The third kappa shape index (κ3) is 5.17. The van der Waals surface area contributed by atoms with E-state index in [4.69, 9.17) is 4.74 Å². The quantitative estimate of drug-likeness (QED) is 0.732. The molecule has 3 N–H and O–H groups in total. The van der Waals surface area contributed by atoms with E-state index in [1.54, 1.807) is 24.3 Å². The Morgan fingerprint density at radius 3 is 2.61 bits per heavy atom. The largest absolute Gasteiger partial charge is 0.484 e. The molecule has 0 spiro atoms. The van der Waals surface area contributed by atoms with Crippen LogP contribution in [0.4, 0.5) is 14.5 Å². The molecule has 1 aliphatic heterocycles. The van der Waals surface area contributed by atoms with Gasteiger partial charge in [0.1, 0.15) is 5.75 Å². The van der Waals surface area contributed by atoms with Gasteiger partial charge >= 0.3 is 0 Å². The van der Waals surface area contributed by atoms with Gasteiger partial charge in [-0.15, -0.1) is 0 Å². The van der Waals surface area contributed by atoms with Crippen molar-refractivity contribution in [2.24, 2.45) is 0 Å². The Kier molecular flexibility index (Phi) is 5.49. The summed E-state index contributed by atoms with van der Waals surface area (Å²) in [5.41, 5.74) is 0.470. The van der Waals surface area contributed by atoms with Crippen molar-refractivity contribution in [2.45, 2.75) is 25.3 Å². The summed E-state index contributed by atoms with van der Waals surface area (Å²) in [4.78, 5) is 23.2. The Bertz CT molecular complexity index is 564. The Labute approximate surface area is 132 Å². The van der Waals surface area contributed by atoms with Crippen LogP contribution >= 0.6 is 0 Å². The lowest BCUT2D eigenvalue weighted by Crippen LogP contribution is -2.35. The van der Waals surface area contributed by atoms with E-state index < -0.39 is 30.8 Å². The van der Waals surface area contributed by atoms with Gasteiger partial charge in [-0.25, -0.2) is 8.78 Å². The van der Waals surface area contributed by atoms with Crippen LogP contribution in [0.1, 0.15) is 13.3 Å². The maximum atomic E-state index is 13.1. The van der Waals surface area contributed by atoms with Gasteiger partial charge in [-0.05, 0) is 31.2 Å². The lowest BCUT2D eigenvalue weighted by Gasteiger charge is -2.12. The Balaban J connectivity index is 1.83. The van der Waals surface area contributed by atoms with Crippen molar-refractivity contribution >= 4 is 17.5 Å². The van der Waals surface area contributed by atoms with Crippen LogP contribution in [0.2, 0.25) is 0 Å². The standard InChI is InChI=1S/C15H19F2N3O3/c1-2-18-13(21)8-23-11-5-3-10(4-6-11)20-14(22)12-7-15(16,17)9-19-12/h3-6,12,19H,2,7-9H2,1H3,(H,18,21)(H,20,22). The van der Waals surface area contributed by atoms with Gasteiger partial charge in [0.15, 0.2) is 6.61 Å². The highest BCUT2D eigenvalue weighted by Gasteiger charge is 2.42. The summed E-state index contributed by atoms with van der Waals surface area (Å²) in [7, 11) is 0. The molecule has 1 heterocycles. The number of ether oxygens (including phenoxy) is 1. The molecule has 8 heteroatoms. The van der Waals surface area contributed by atoms with E-state index in [1.807, 2.05) is 6.92 Å². The molecule has 1 fully saturated rings. The molecule has 23 heavy (non-hydrogen) atoms. The van der Waals surface area contributed by atoms with Crippen molar-refractivity contribution in [1.82, 2.24) is 10.6 Å². The minimum absolute atomic E-state index is 0.0966. The second-order valence-electron chi connectivity index (χ2n) is 5.25. The summed E-state index contributed by atoms with van der Waals surface area (Å²) in [6.45, 7) is 1.75. The minimum atomic E-state index is -2.85. The van der Waals surface area contributed by atoms with Gasteiger partial charge in [-0.2, -0.15) is 0 Å². The number of carbonyl (C=O) groups excluding carboxylic acids is 2. The first-order valence-corrected chi connectivity index (χ1v) is 7.31. The predicted molar refractivity (Wildman–Crippen MR) is 80.6 cm³/mol. The van der Waals surface area contributed by atoms with Crippen LogP contribution in [0.15, 0.2) is 24.3 Å². The number of carbonyl (C=O) groups is 2. The van der Waals surface area contributed by atoms with Crippen molar-refractivity contribution < 1.29 is 23.1 Å². The lowest BCUT2D eigenvalue weighted by molar-refractivity contribution is -0.123. The number of halogens is 2. The number of rotatable bonds is 6. The van der Waals surface area contributed by atoms with E-state index in [0.717, 1.165) is 0 Å². The molecule has 1 aromatic carbocycles. The molecule has 1 atom stereocenters. The van der Waals surface area contributed by atoms with Crippen molar-refractivity contribution in [2.75, 3.05) is 25.0 Å². The monoisotopic (exact) mass is 327 g/mol. The highest BCUT2D eigenvalue weighted by Crippen LogP contribution is 2.26. The summed E-state index contributed by atoms with van der Waals surface area (Å²) in [5.74, 6) is -3.10. The zero-order valence-electron chi connectivity index (χ0n) is 12.7. The van der Waals surface area contributed by atoms with Gasteiger partial charge in [0, 0.05) is 18.7 Å². The summed E-state index contributed by atoms with van der Waals surface area (Å²) < 4.78 is 31.4. The predicted octanol–water partition coefficient (Wildman–Crippen LogP) is 1.14. The molecular weight excluding hydrogens is 308 g/mol. The molecule has 0 aromatic heterocycles. The maximum Gasteiger partial charge on any atom is 0.262 e. The summed E-state index contributed by atoms with van der Waals surface area (Å²) in [5, 5.41) is 7.66. The number of benzene rings is 1. The second-order valence-corrected chi connectivity index (χ2v) is 5.25. The molecule has 1 unspecified atom stereocenters. The average molecular weight is 327 g/mol. The molecule has 1 aliphatic rings. The topological polar surface area (TPSA) is 79.5 Å². The molecule has 126 valence electrons. The molecule has 0 radical (unpaired) electrons. The zero-order valence-corrected chi connectivity index (χ0v) is 12.7. The van der Waals surface area contributed by atoms with E-state index >= 15 is 0 Å². The van der Waals surface area contributed by atoms with E-state index in [9.17, 15) is 18.4 Å². The fraction of sp³-hybridized carbons (Fsp3) is 0.467. The fourth-order valence-corrected chi connectivity index (χ4v) is 2.16. The number of hydrogen-bond donors (Lipinski definition) is 3. The first-order chi connectivity index (χ1) is 10.9. The minimum Gasteiger partial charge on any atom is -0.484 e. The third-order valence-electron chi connectivity index (χ3n) is 3.29. The van der Waals surface area contributed by atoms with Gasteiger partial charge < -0.3 is 15.4 Å². The van der Waals surface area contributed by atoms with E-state index in [-0.39, 0.29) is 12.5 Å². The Morgan fingerprint density at radius 2 is 2.04 bits per heavy atom. The number of hydrogen-bond acceptors (Lipinski definition) is 4. The Morgan fingerprint density at radius 1 is 1.35 bits per heavy atom. The van der Waals surface area contributed by atoms with Crippen molar-refractivity contribution in [3.05, 3.63) is 24.3 Å². The van der Waals surface area contributed by atoms with Crippen LogP contribution in [-0.4, -0.2) is 43.5 Å². The molecule has 1 aromatic rings. The first-order valence-electron chi connectivity index (χ1n) is 7.31. The SMILES string of the molecule is CCNC(=O)COc1ccc(NC(=O)C2CC(F)(F)CN2)cc1. The molecule has 6 nitrogen and oxygen atoms in total. The smallest absolute Gasteiger partial charge is 0.262 e. The van der Waals surface area contributed by atoms with Crippen molar-refractivity contribution in [1.29, 1.82) is 0 Å². The fourth-order valence-electron chi connectivity index (χ4n) is 2.16. The van der Waals surface area contributed by atoms with E-state index in [0.29, 0.717) is 18.0 Å². The number of nitrogens with one attached hydrogen (secondary N) is 3. The summed E-state index contributed by atoms with van der Waals surface area (Å²) >= 11 is 0. The molecule has 0 bridgehead atoms. The molecule has 2 rings (SSSR count). The maximum absolute atomic E-state index is 13.1. The van der Waals surface area contributed by atoms with Crippen molar-refractivity contribution in [3.8, 4) is 5.75 Å². The molecule has 0 saturated carbocycles. The van der Waals surface area contributed by atoms with Gasteiger partial charge in [0.05, 0.1) is 12.6 Å². The van der Waals surface area contributed by atoms with E-state index in [2.05, 4.69) is 16.0 Å². The number of likely N-dealkylation sites (N-methyl/N-ethyl adjacent to an activating group) is 1. The second kappa shape index (κ2) is 7.36. The summed E-state index contributed by atoms with van der Waals surface area (Å²) in [6.07, 6.45) is -0.507. The van der Waals surface area contributed by atoms with Crippen LogP contribution in [0.3, 0.4) is 0 Å². The highest BCUT2D eigenvalue weighted by molar-refractivity contribution is 5.95. The normalized spacial score (nSPS) is 19.2. The molecular formula is C15H19F2N3O3. The van der Waals surface area contributed by atoms with Gasteiger partial charge in [0.2, 0.25) is 5.91 Å². The number of amides is 2. The Hall–Kier alpha value is -2.22. The van der Waals surface area contributed by atoms with Crippen LogP contribution < -0.4 is 20.7 Å². The molecule has 2 amide bonds. The molecule has 1 saturated heterocycles. The third-order valence-corrected chi connectivity index (χ3v) is 3.29. The van der Waals surface area contributed by atoms with Gasteiger partial charge in [0.25, 0.3) is 11.8 Å². The average Bonchev–Trinajstić information content (AvgIpc) is 2.87. The van der Waals surface area contributed by atoms with Gasteiger partial charge in [-0.1, -0.05) is 0 Å². The molecule has 0 aliphatic carbocycles. The summed E-state index contributed by atoms with van der Waals surface area (Å²) in [6, 6.07) is 5.44. The van der Waals surface area contributed by atoms with Crippen LogP contribution in [0.5, 0.6) is 5.75 Å². The van der Waals surface area contributed by atoms with Crippen LogP contribution in [0, 0.1) is 0 Å². The van der Waals surface area contributed by atoms with Gasteiger partial charge in [-0.3, -0.25) is 14.9 Å². The lowest BCUT2D eigenvalue weighted by atomic mass is 10.2. The van der Waals surface area contributed by atoms with E-state index in [1.165, 1.54) is 0 Å². The first kappa shape index (κ1) is 17.1. The van der Waals surface area contributed by atoms with Crippen LogP contribution in [-0.2, 0) is 9.59 Å². The zero-order chi connectivity index (χ0) is 16.9.